The molecule has 2 aromatic carbocycles. The minimum Gasteiger partial charge on any atom is -0.496 e. The summed E-state index contributed by atoms with van der Waals surface area (Å²) in [6.07, 6.45) is 8.59. The molecular formula is C29H29FN2O2. The Kier molecular flexibility index (Phi) is 6.92. The lowest BCUT2D eigenvalue weighted by Crippen LogP contribution is -2.29. The Morgan fingerprint density at radius 3 is 2.68 bits per heavy atom. The highest BCUT2D eigenvalue weighted by molar-refractivity contribution is 5.86. The Morgan fingerprint density at radius 2 is 1.94 bits per heavy atom. The van der Waals surface area contributed by atoms with Gasteiger partial charge in [0.05, 0.1) is 24.9 Å². The van der Waals surface area contributed by atoms with Gasteiger partial charge in [0.1, 0.15) is 11.6 Å². The van der Waals surface area contributed by atoms with Crippen LogP contribution in [-0.4, -0.2) is 16.9 Å². The topological polar surface area (TPSA) is 44.1 Å². The first-order chi connectivity index (χ1) is 16.4. The average Bonchev–Trinajstić information content (AvgIpc) is 2.81. The fourth-order valence-electron chi connectivity index (χ4n) is 4.30. The highest BCUT2D eigenvalue weighted by Crippen LogP contribution is 2.34. The van der Waals surface area contributed by atoms with Crippen molar-refractivity contribution in [3.8, 4) is 0 Å². The van der Waals surface area contributed by atoms with Gasteiger partial charge in [-0.2, -0.15) is 5.10 Å². The maximum atomic E-state index is 13.8. The Morgan fingerprint density at radius 1 is 1.15 bits per heavy atom. The predicted octanol–water partition coefficient (Wildman–Crippen LogP) is 6.17. The number of allylic oxidation sites excluding steroid dienone is 3. The molecule has 0 N–H and O–H groups in total. The van der Waals surface area contributed by atoms with Crippen LogP contribution in [-0.2, 0) is 11.3 Å². The van der Waals surface area contributed by atoms with Gasteiger partial charge in [0.2, 0.25) is 0 Å². The number of nitrogens with zero attached hydrogens (tertiary/aromatic N) is 2. The average molecular weight is 457 g/mol. The van der Waals surface area contributed by atoms with Gasteiger partial charge >= 0.3 is 0 Å². The van der Waals surface area contributed by atoms with Gasteiger partial charge in [0, 0.05) is 11.1 Å². The normalized spacial score (nSPS) is 15.9. The molecule has 0 saturated heterocycles. The van der Waals surface area contributed by atoms with Crippen molar-refractivity contribution in [2.75, 3.05) is 7.11 Å². The smallest absolute Gasteiger partial charge is 0.274 e. The fourth-order valence-corrected chi connectivity index (χ4v) is 4.30. The number of halogens is 1. The largest absolute Gasteiger partial charge is 0.496 e. The van der Waals surface area contributed by atoms with Crippen LogP contribution in [0.1, 0.15) is 46.9 Å². The van der Waals surface area contributed by atoms with Gasteiger partial charge < -0.3 is 4.74 Å². The predicted molar refractivity (Wildman–Crippen MR) is 136 cm³/mol. The number of benzene rings is 2. The van der Waals surface area contributed by atoms with Crippen molar-refractivity contribution in [3.63, 3.8) is 0 Å². The zero-order chi connectivity index (χ0) is 24.2. The molecular weight excluding hydrogens is 427 g/mol. The zero-order valence-electron chi connectivity index (χ0n) is 20.0. The van der Waals surface area contributed by atoms with Gasteiger partial charge in [-0.05, 0) is 67.2 Å². The van der Waals surface area contributed by atoms with E-state index in [-0.39, 0.29) is 11.4 Å². The Balaban J connectivity index is 1.90. The summed E-state index contributed by atoms with van der Waals surface area (Å²) in [6, 6.07) is 14.3. The van der Waals surface area contributed by atoms with Crippen LogP contribution in [0, 0.1) is 25.6 Å². The molecule has 34 heavy (non-hydrogen) atoms. The van der Waals surface area contributed by atoms with E-state index < -0.39 is 0 Å². The van der Waals surface area contributed by atoms with Gasteiger partial charge in [0.15, 0.2) is 0 Å². The number of methoxy groups -OCH3 is 1. The van der Waals surface area contributed by atoms with E-state index in [0.717, 1.165) is 40.1 Å². The molecule has 1 heterocycles. The summed E-state index contributed by atoms with van der Waals surface area (Å²) >= 11 is 0. The lowest BCUT2D eigenvalue weighted by molar-refractivity contribution is 0.306. The molecule has 4 rings (SSSR count). The highest BCUT2D eigenvalue weighted by Gasteiger charge is 2.23. The molecule has 0 amide bonds. The molecule has 1 aromatic heterocycles. The number of ether oxygens (including phenoxy) is 1. The third kappa shape index (κ3) is 4.93. The minimum absolute atomic E-state index is 0.203. The van der Waals surface area contributed by atoms with E-state index in [2.05, 4.69) is 19.1 Å². The molecule has 1 unspecified atom stereocenters. The Labute approximate surface area is 199 Å². The second kappa shape index (κ2) is 10.0. The molecule has 3 aromatic rings. The van der Waals surface area contributed by atoms with Gasteiger partial charge in [-0.3, -0.25) is 4.79 Å². The van der Waals surface area contributed by atoms with E-state index in [9.17, 15) is 9.18 Å². The van der Waals surface area contributed by atoms with E-state index in [0.29, 0.717) is 23.6 Å². The van der Waals surface area contributed by atoms with Crippen LogP contribution in [0.3, 0.4) is 0 Å². The summed E-state index contributed by atoms with van der Waals surface area (Å²) in [4.78, 5) is 13.8. The first-order valence-corrected chi connectivity index (χ1v) is 11.4. The summed E-state index contributed by atoms with van der Waals surface area (Å²) in [5.74, 6) is 0.723. The van der Waals surface area contributed by atoms with Crippen molar-refractivity contribution in [1.29, 1.82) is 0 Å². The van der Waals surface area contributed by atoms with Crippen LogP contribution in [0.2, 0.25) is 0 Å². The second-order valence-electron chi connectivity index (χ2n) is 8.72. The van der Waals surface area contributed by atoms with E-state index >= 15 is 0 Å². The Bertz CT molecular complexity index is 1360. The quantitative estimate of drug-likeness (QED) is 0.445. The molecule has 174 valence electrons. The highest BCUT2D eigenvalue weighted by atomic mass is 19.1. The summed E-state index contributed by atoms with van der Waals surface area (Å²) in [5.41, 5.74) is 5.47. The maximum Gasteiger partial charge on any atom is 0.274 e. The fraction of sp³-hybridized carbons (Fsp3) is 0.241. The van der Waals surface area contributed by atoms with Gasteiger partial charge in [0.25, 0.3) is 5.56 Å². The van der Waals surface area contributed by atoms with Crippen molar-refractivity contribution in [2.45, 2.75) is 33.7 Å². The molecule has 4 nitrogen and oxygen atoms in total. The van der Waals surface area contributed by atoms with E-state index in [4.69, 9.17) is 9.84 Å². The van der Waals surface area contributed by atoms with Crippen molar-refractivity contribution >= 4 is 17.7 Å². The monoisotopic (exact) mass is 456 g/mol. The maximum absolute atomic E-state index is 13.8. The number of hydrogen-bond donors (Lipinski definition) is 0. The summed E-state index contributed by atoms with van der Waals surface area (Å²) < 4.78 is 20.9. The first kappa shape index (κ1) is 23.4. The summed E-state index contributed by atoms with van der Waals surface area (Å²) in [7, 11) is 1.64. The van der Waals surface area contributed by atoms with E-state index in [1.165, 1.54) is 16.8 Å². The van der Waals surface area contributed by atoms with Crippen molar-refractivity contribution < 1.29 is 9.13 Å². The van der Waals surface area contributed by atoms with Crippen LogP contribution in [0.4, 0.5) is 4.39 Å². The number of aromatic nitrogens is 2. The molecule has 0 radical (unpaired) electrons. The molecule has 1 aliphatic rings. The van der Waals surface area contributed by atoms with Crippen LogP contribution in [0.25, 0.3) is 17.7 Å². The molecule has 0 saturated carbocycles. The molecule has 0 aliphatic heterocycles. The van der Waals surface area contributed by atoms with Crippen LogP contribution in [0.15, 0.2) is 71.2 Å². The second-order valence-corrected chi connectivity index (χ2v) is 8.72. The van der Waals surface area contributed by atoms with Gasteiger partial charge in [-0.25, -0.2) is 9.07 Å². The third-order valence-corrected chi connectivity index (χ3v) is 6.12. The van der Waals surface area contributed by atoms with Crippen LogP contribution in [0.5, 0.6) is 0 Å². The molecule has 1 atom stereocenters. The van der Waals surface area contributed by atoms with Crippen LogP contribution >= 0.6 is 0 Å². The SMILES string of the molecule is COC1=CCC(C)C=C1c1c(C)nn(Cc2ccccc2C)c(=O)c1/C=C/c1cccc(F)c1. The van der Waals surface area contributed by atoms with Crippen molar-refractivity contribution in [3.05, 3.63) is 116 Å². The van der Waals surface area contributed by atoms with Gasteiger partial charge in [-0.1, -0.05) is 55.5 Å². The minimum atomic E-state index is -0.321. The Hall–Kier alpha value is -3.73. The zero-order valence-corrected chi connectivity index (χ0v) is 20.0. The lowest BCUT2D eigenvalue weighted by atomic mass is 9.89. The summed E-state index contributed by atoms with van der Waals surface area (Å²) in [6.45, 7) is 6.44. The molecule has 0 spiro atoms. The number of hydrogen-bond acceptors (Lipinski definition) is 3. The van der Waals surface area contributed by atoms with Gasteiger partial charge in [-0.15, -0.1) is 0 Å². The van der Waals surface area contributed by atoms with E-state index in [1.807, 2.05) is 44.2 Å². The van der Waals surface area contributed by atoms with Crippen LogP contribution < -0.4 is 5.56 Å². The van der Waals surface area contributed by atoms with E-state index in [1.54, 1.807) is 25.3 Å². The molecule has 5 heteroatoms. The van der Waals surface area contributed by atoms with Crippen molar-refractivity contribution in [2.24, 2.45) is 5.92 Å². The standard InChI is InChI=1S/C29H29FN2O2/c1-19-12-15-27(34-4)26(16-19)28-21(3)31-32(18-23-10-6-5-8-20(23)2)29(33)25(28)14-13-22-9-7-11-24(30)17-22/h5-11,13-17,19H,12,18H2,1-4H3/b14-13+. The summed E-state index contributed by atoms with van der Waals surface area (Å²) in [5, 5.41) is 4.69. The number of rotatable bonds is 6. The first-order valence-electron chi connectivity index (χ1n) is 11.4. The molecule has 0 fully saturated rings. The lowest BCUT2D eigenvalue weighted by Gasteiger charge is -2.22. The number of aryl methyl sites for hydroxylation is 2. The molecule has 0 bridgehead atoms. The molecule has 1 aliphatic carbocycles. The van der Waals surface area contributed by atoms with Crippen molar-refractivity contribution in [1.82, 2.24) is 9.78 Å². The third-order valence-electron chi connectivity index (χ3n) is 6.12.